The summed E-state index contributed by atoms with van der Waals surface area (Å²) in [6, 6.07) is 6.80. The first-order valence-corrected chi connectivity index (χ1v) is 6.63. The van der Waals surface area contributed by atoms with Gasteiger partial charge in [-0.15, -0.1) is 0 Å². The van der Waals surface area contributed by atoms with Crippen molar-refractivity contribution in [1.82, 2.24) is 10.2 Å². The van der Waals surface area contributed by atoms with E-state index in [1.807, 2.05) is 6.92 Å². The zero-order valence-corrected chi connectivity index (χ0v) is 12.3. The van der Waals surface area contributed by atoms with Crippen LogP contribution in [0.3, 0.4) is 0 Å². The molecule has 0 atom stereocenters. The maximum atomic E-state index is 12.5. The third-order valence-electron chi connectivity index (χ3n) is 3.04. The number of aromatic nitrogens is 2. The second-order valence-electron chi connectivity index (χ2n) is 4.61. The number of methoxy groups -OCH3 is 1. The molecule has 1 amide bonds. The molecule has 0 unspecified atom stereocenters. The smallest absolute Gasteiger partial charge is 0.257 e. The van der Waals surface area contributed by atoms with Gasteiger partial charge in [-0.25, -0.2) is 0 Å². The number of carbonyl (C=O) groups is 1. The lowest BCUT2D eigenvalue weighted by Gasteiger charge is -2.12. The van der Waals surface area contributed by atoms with Crippen LogP contribution in [0.25, 0.3) is 0 Å². The van der Waals surface area contributed by atoms with E-state index in [-0.39, 0.29) is 5.91 Å². The summed E-state index contributed by atoms with van der Waals surface area (Å²) < 4.78 is 5.22. The molecule has 110 valence electrons. The molecular weight excluding hydrogens is 268 g/mol. The number of nitrogens with zero attached hydrogens (tertiary/aromatic N) is 2. The van der Waals surface area contributed by atoms with Crippen LogP contribution in [0, 0.1) is 6.92 Å². The largest absolute Gasteiger partial charge is 0.495 e. The van der Waals surface area contributed by atoms with E-state index in [1.165, 1.54) is 7.11 Å². The average molecular weight is 286 g/mol. The molecule has 0 saturated heterocycles. The first-order chi connectivity index (χ1) is 10.0. The second kappa shape index (κ2) is 6.21. The topological polar surface area (TPSA) is 90.1 Å². The summed E-state index contributed by atoms with van der Waals surface area (Å²) in [5.41, 5.74) is 8.68. The lowest BCUT2D eigenvalue weighted by Crippen LogP contribution is -2.16. The summed E-state index contributed by atoms with van der Waals surface area (Å²) in [5.74, 6) is 0.295. The quantitative estimate of drug-likeness (QED) is 0.841. The number of carbonyl (C=O) groups excluding carboxylic acids is 1. The Bertz CT molecular complexity index is 671. The highest BCUT2D eigenvalue weighted by Gasteiger charge is 2.15. The van der Waals surface area contributed by atoms with E-state index in [0.29, 0.717) is 40.5 Å². The van der Waals surface area contributed by atoms with Gasteiger partial charge in [0.1, 0.15) is 5.75 Å². The van der Waals surface area contributed by atoms with E-state index in [4.69, 9.17) is 10.5 Å². The Kier molecular flexibility index (Phi) is 4.37. The standard InChI is InChI=1S/C15H18N4O2/c1-4-12-11(7-9(2)18-19-12)15(20)17-13-8-10(16)5-6-14(13)21-3/h5-8H,4,16H2,1-3H3,(H,17,20). The summed E-state index contributed by atoms with van der Waals surface area (Å²) >= 11 is 0. The van der Waals surface area contributed by atoms with Gasteiger partial charge in [0.05, 0.1) is 29.7 Å². The van der Waals surface area contributed by atoms with Crippen LogP contribution >= 0.6 is 0 Å². The van der Waals surface area contributed by atoms with E-state index in [0.717, 1.165) is 0 Å². The molecule has 6 nitrogen and oxygen atoms in total. The normalized spacial score (nSPS) is 10.2. The van der Waals surface area contributed by atoms with Crippen molar-refractivity contribution in [2.24, 2.45) is 0 Å². The van der Waals surface area contributed by atoms with Gasteiger partial charge in [-0.3, -0.25) is 4.79 Å². The molecule has 2 aromatic rings. The molecule has 0 aliphatic heterocycles. The van der Waals surface area contributed by atoms with Gasteiger partial charge in [0, 0.05) is 5.69 Å². The number of hydrogen-bond acceptors (Lipinski definition) is 5. The van der Waals surface area contributed by atoms with Crippen molar-refractivity contribution in [3.05, 3.63) is 41.2 Å². The van der Waals surface area contributed by atoms with Crippen LogP contribution in [-0.4, -0.2) is 23.2 Å². The molecule has 6 heteroatoms. The number of aryl methyl sites for hydroxylation is 2. The van der Waals surface area contributed by atoms with Crippen LogP contribution in [0.5, 0.6) is 5.75 Å². The summed E-state index contributed by atoms with van der Waals surface area (Å²) in [4.78, 5) is 12.5. The Morgan fingerprint density at radius 3 is 2.76 bits per heavy atom. The number of nitrogens with two attached hydrogens (primary N) is 1. The molecule has 1 aromatic heterocycles. The number of anilines is 2. The van der Waals surface area contributed by atoms with Crippen LogP contribution in [0.2, 0.25) is 0 Å². The molecule has 21 heavy (non-hydrogen) atoms. The molecule has 3 N–H and O–H groups in total. The van der Waals surface area contributed by atoms with Crippen molar-refractivity contribution >= 4 is 17.3 Å². The zero-order chi connectivity index (χ0) is 15.4. The molecule has 0 aliphatic carbocycles. The molecule has 0 bridgehead atoms. The van der Waals surface area contributed by atoms with Crippen molar-refractivity contribution in [1.29, 1.82) is 0 Å². The van der Waals surface area contributed by atoms with Crippen LogP contribution < -0.4 is 15.8 Å². The fraction of sp³-hybridized carbons (Fsp3) is 0.267. The van der Waals surface area contributed by atoms with Crippen molar-refractivity contribution in [3.8, 4) is 5.75 Å². The Balaban J connectivity index is 2.34. The molecule has 0 spiro atoms. The van der Waals surface area contributed by atoms with Gasteiger partial charge in [-0.2, -0.15) is 10.2 Å². The summed E-state index contributed by atoms with van der Waals surface area (Å²) in [5, 5.41) is 10.8. The Labute approximate surface area is 123 Å². The average Bonchev–Trinajstić information content (AvgIpc) is 2.47. The number of benzene rings is 1. The van der Waals surface area contributed by atoms with E-state index in [2.05, 4.69) is 15.5 Å². The van der Waals surface area contributed by atoms with Gasteiger partial charge in [-0.1, -0.05) is 6.92 Å². The molecule has 0 radical (unpaired) electrons. The predicted octanol–water partition coefficient (Wildman–Crippen LogP) is 2.19. The minimum absolute atomic E-state index is 0.256. The number of nitrogen functional groups attached to an aromatic ring is 1. The van der Waals surface area contributed by atoms with Crippen molar-refractivity contribution in [3.63, 3.8) is 0 Å². The van der Waals surface area contributed by atoms with Gasteiger partial charge >= 0.3 is 0 Å². The van der Waals surface area contributed by atoms with Gasteiger partial charge in [0.25, 0.3) is 5.91 Å². The van der Waals surface area contributed by atoms with Crippen molar-refractivity contribution in [2.45, 2.75) is 20.3 Å². The third kappa shape index (κ3) is 3.28. The fourth-order valence-electron chi connectivity index (χ4n) is 1.98. The second-order valence-corrected chi connectivity index (χ2v) is 4.61. The number of ether oxygens (including phenoxy) is 1. The molecule has 0 aliphatic rings. The lowest BCUT2D eigenvalue weighted by molar-refractivity contribution is 0.102. The number of nitrogens with one attached hydrogen (secondary N) is 1. The Hall–Kier alpha value is -2.63. The molecule has 2 rings (SSSR count). The van der Waals surface area contributed by atoms with E-state index < -0.39 is 0 Å². The van der Waals surface area contributed by atoms with Crippen LogP contribution in [0.1, 0.15) is 28.7 Å². The Morgan fingerprint density at radius 1 is 1.33 bits per heavy atom. The van der Waals surface area contributed by atoms with Crippen LogP contribution in [-0.2, 0) is 6.42 Å². The minimum Gasteiger partial charge on any atom is -0.495 e. The summed E-state index contributed by atoms with van der Waals surface area (Å²) in [7, 11) is 1.54. The van der Waals surface area contributed by atoms with Gasteiger partial charge in [-0.05, 0) is 37.6 Å². The van der Waals surface area contributed by atoms with E-state index in [1.54, 1.807) is 31.2 Å². The highest BCUT2D eigenvalue weighted by atomic mass is 16.5. The molecular formula is C15H18N4O2. The van der Waals surface area contributed by atoms with Gasteiger partial charge < -0.3 is 15.8 Å². The minimum atomic E-state index is -0.256. The first-order valence-electron chi connectivity index (χ1n) is 6.63. The number of amides is 1. The van der Waals surface area contributed by atoms with Crippen LogP contribution in [0.4, 0.5) is 11.4 Å². The molecule has 0 fully saturated rings. The lowest BCUT2D eigenvalue weighted by atomic mass is 10.1. The maximum absolute atomic E-state index is 12.5. The predicted molar refractivity (Wildman–Crippen MR) is 81.5 cm³/mol. The molecule has 1 heterocycles. The molecule has 1 aromatic carbocycles. The van der Waals surface area contributed by atoms with E-state index >= 15 is 0 Å². The third-order valence-corrected chi connectivity index (χ3v) is 3.04. The Morgan fingerprint density at radius 2 is 2.10 bits per heavy atom. The summed E-state index contributed by atoms with van der Waals surface area (Å²) in [6.45, 7) is 3.72. The number of rotatable bonds is 4. The summed E-state index contributed by atoms with van der Waals surface area (Å²) in [6.07, 6.45) is 0.629. The van der Waals surface area contributed by atoms with E-state index in [9.17, 15) is 4.79 Å². The zero-order valence-electron chi connectivity index (χ0n) is 12.3. The van der Waals surface area contributed by atoms with Crippen LogP contribution in [0.15, 0.2) is 24.3 Å². The highest BCUT2D eigenvalue weighted by molar-refractivity contribution is 6.06. The number of hydrogen-bond donors (Lipinski definition) is 2. The van der Waals surface area contributed by atoms with Gasteiger partial charge in [0.2, 0.25) is 0 Å². The van der Waals surface area contributed by atoms with Crippen molar-refractivity contribution in [2.75, 3.05) is 18.2 Å². The monoisotopic (exact) mass is 286 g/mol. The maximum Gasteiger partial charge on any atom is 0.257 e. The molecule has 0 saturated carbocycles. The highest BCUT2D eigenvalue weighted by Crippen LogP contribution is 2.27. The first kappa shape index (κ1) is 14.8. The van der Waals surface area contributed by atoms with Crippen molar-refractivity contribution < 1.29 is 9.53 Å². The fourth-order valence-corrected chi connectivity index (χ4v) is 1.98. The van der Waals surface area contributed by atoms with Gasteiger partial charge in [0.15, 0.2) is 0 Å². The SMILES string of the molecule is CCc1nnc(C)cc1C(=O)Nc1cc(N)ccc1OC.